The molecule has 0 saturated heterocycles. The second kappa shape index (κ2) is 7.11. The monoisotopic (exact) mass is 310 g/mol. The van der Waals surface area contributed by atoms with E-state index in [1.807, 2.05) is 13.0 Å². The third-order valence-electron chi connectivity index (χ3n) is 2.17. The van der Waals surface area contributed by atoms with Crippen molar-refractivity contribution >= 4 is 27.7 Å². The number of ether oxygens (including phenoxy) is 1. The van der Waals surface area contributed by atoms with Gasteiger partial charge in [0.1, 0.15) is 5.57 Å². The van der Waals surface area contributed by atoms with Gasteiger partial charge in [0.2, 0.25) is 0 Å². The van der Waals surface area contributed by atoms with E-state index >= 15 is 0 Å². The molecule has 4 heteroatoms. The highest BCUT2D eigenvalue weighted by Crippen LogP contribution is 2.13. The van der Waals surface area contributed by atoms with Gasteiger partial charge in [0, 0.05) is 10.4 Å². The van der Waals surface area contributed by atoms with Crippen LogP contribution in [-0.4, -0.2) is 23.2 Å². The molecule has 0 aliphatic heterocycles. The van der Waals surface area contributed by atoms with E-state index in [1.165, 1.54) is 0 Å². The molecule has 0 saturated carbocycles. The second-order valence-electron chi connectivity index (χ2n) is 3.67. The van der Waals surface area contributed by atoms with Gasteiger partial charge in [0.05, 0.1) is 6.61 Å². The predicted molar refractivity (Wildman–Crippen MR) is 73.9 cm³/mol. The van der Waals surface area contributed by atoms with E-state index in [9.17, 15) is 9.59 Å². The van der Waals surface area contributed by atoms with Crippen molar-refractivity contribution in [3.05, 3.63) is 47.5 Å². The van der Waals surface area contributed by atoms with E-state index in [1.54, 1.807) is 37.3 Å². The number of carbonyl (C=O) groups is 2. The molecule has 0 heterocycles. The van der Waals surface area contributed by atoms with Crippen LogP contribution in [0.25, 0.3) is 0 Å². The molecule has 0 fully saturated rings. The van der Waals surface area contributed by atoms with Crippen LogP contribution in [0.1, 0.15) is 24.2 Å². The van der Waals surface area contributed by atoms with Crippen molar-refractivity contribution in [2.45, 2.75) is 18.7 Å². The summed E-state index contributed by atoms with van der Waals surface area (Å²) in [6.45, 7) is 3.78. The Morgan fingerprint density at radius 3 is 2.44 bits per heavy atom. The van der Waals surface area contributed by atoms with E-state index in [0.29, 0.717) is 5.56 Å². The molecule has 96 valence electrons. The van der Waals surface area contributed by atoms with Crippen LogP contribution in [0, 0.1) is 0 Å². The summed E-state index contributed by atoms with van der Waals surface area (Å²) in [5, 5.41) is 0. The molecule has 1 unspecified atom stereocenters. The molecule has 0 radical (unpaired) electrons. The van der Waals surface area contributed by atoms with Gasteiger partial charge in [0.25, 0.3) is 0 Å². The summed E-state index contributed by atoms with van der Waals surface area (Å²) >= 11 is 3.30. The third kappa shape index (κ3) is 4.11. The molecule has 3 nitrogen and oxygen atoms in total. The smallest absolute Gasteiger partial charge is 0.341 e. The standard InChI is InChI=1S/C14H15BrO3/c1-3-18-14(17)12(9-10(2)15)13(16)11-7-5-4-6-8-11/h4-10H,3H2,1-2H3/b12-9+. The first kappa shape index (κ1) is 14.6. The lowest BCUT2D eigenvalue weighted by atomic mass is 10.0. The lowest BCUT2D eigenvalue weighted by Crippen LogP contribution is -2.17. The van der Waals surface area contributed by atoms with Gasteiger partial charge in [-0.15, -0.1) is 0 Å². The van der Waals surface area contributed by atoms with Crippen molar-refractivity contribution in [3.63, 3.8) is 0 Å². The Bertz CT molecular complexity index is 449. The molecule has 1 rings (SSSR count). The van der Waals surface area contributed by atoms with Crippen LogP contribution < -0.4 is 0 Å². The minimum atomic E-state index is -0.586. The molecule has 0 amide bonds. The number of benzene rings is 1. The van der Waals surface area contributed by atoms with Crippen molar-refractivity contribution in [3.8, 4) is 0 Å². The highest BCUT2D eigenvalue weighted by atomic mass is 79.9. The van der Waals surface area contributed by atoms with E-state index in [2.05, 4.69) is 15.9 Å². The SMILES string of the molecule is CCOC(=O)/C(=C/C(C)Br)C(=O)c1ccccc1. The van der Waals surface area contributed by atoms with Gasteiger partial charge < -0.3 is 4.74 Å². The van der Waals surface area contributed by atoms with E-state index in [0.717, 1.165) is 0 Å². The van der Waals surface area contributed by atoms with Crippen LogP contribution in [0.15, 0.2) is 42.0 Å². The van der Waals surface area contributed by atoms with Gasteiger partial charge in [-0.05, 0) is 13.8 Å². The number of esters is 1. The predicted octanol–water partition coefficient (Wildman–Crippen LogP) is 3.14. The highest BCUT2D eigenvalue weighted by Gasteiger charge is 2.21. The Kier molecular flexibility index (Phi) is 5.78. The molecule has 0 N–H and O–H groups in total. The fraction of sp³-hybridized carbons (Fsp3) is 0.286. The Hall–Kier alpha value is -1.42. The van der Waals surface area contributed by atoms with Gasteiger partial charge in [0.15, 0.2) is 5.78 Å². The van der Waals surface area contributed by atoms with Gasteiger partial charge >= 0.3 is 5.97 Å². The van der Waals surface area contributed by atoms with Crippen molar-refractivity contribution in [1.29, 1.82) is 0 Å². The molecular weight excluding hydrogens is 296 g/mol. The summed E-state index contributed by atoms with van der Waals surface area (Å²) < 4.78 is 4.90. The molecule has 0 aromatic heterocycles. The maximum Gasteiger partial charge on any atom is 0.341 e. The summed E-state index contributed by atoms with van der Waals surface area (Å²) in [6, 6.07) is 8.68. The number of allylic oxidation sites excluding steroid dienone is 1. The zero-order chi connectivity index (χ0) is 13.5. The lowest BCUT2D eigenvalue weighted by molar-refractivity contribution is -0.138. The number of hydrogen-bond donors (Lipinski definition) is 0. The summed E-state index contributed by atoms with van der Waals surface area (Å²) in [5.74, 6) is -0.905. The molecule has 1 atom stereocenters. The first-order chi connectivity index (χ1) is 8.56. The Morgan fingerprint density at radius 1 is 1.33 bits per heavy atom. The lowest BCUT2D eigenvalue weighted by Gasteiger charge is -2.07. The average molecular weight is 311 g/mol. The summed E-state index contributed by atoms with van der Waals surface area (Å²) in [7, 11) is 0. The largest absolute Gasteiger partial charge is 0.462 e. The van der Waals surface area contributed by atoms with Crippen LogP contribution >= 0.6 is 15.9 Å². The maximum absolute atomic E-state index is 12.2. The zero-order valence-corrected chi connectivity index (χ0v) is 11.9. The highest BCUT2D eigenvalue weighted by molar-refractivity contribution is 9.09. The Morgan fingerprint density at radius 2 is 1.94 bits per heavy atom. The molecule has 0 aliphatic carbocycles. The van der Waals surface area contributed by atoms with Gasteiger partial charge in [-0.1, -0.05) is 52.3 Å². The number of alkyl halides is 1. The van der Waals surface area contributed by atoms with Gasteiger partial charge in [-0.25, -0.2) is 4.79 Å². The number of ketones is 1. The zero-order valence-electron chi connectivity index (χ0n) is 10.4. The van der Waals surface area contributed by atoms with Crippen molar-refractivity contribution < 1.29 is 14.3 Å². The fourth-order valence-electron chi connectivity index (χ4n) is 1.42. The third-order valence-corrected chi connectivity index (χ3v) is 2.44. The van der Waals surface area contributed by atoms with Crippen LogP contribution in [0.3, 0.4) is 0 Å². The fourth-order valence-corrected chi connectivity index (χ4v) is 1.68. The van der Waals surface area contributed by atoms with E-state index < -0.39 is 5.97 Å². The summed E-state index contributed by atoms with van der Waals surface area (Å²) in [5.41, 5.74) is 0.539. The van der Waals surface area contributed by atoms with Crippen molar-refractivity contribution in [2.75, 3.05) is 6.61 Å². The molecule has 0 bridgehead atoms. The number of rotatable bonds is 5. The average Bonchev–Trinajstić information content (AvgIpc) is 2.36. The molecule has 1 aromatic carbocycles. The topological polar surface area (TPSA) is 43.4 Å². The molecule has 1 aromatic rings. The van der Waals surface area contributed by atoms with Crippen LogP contribution in [0.4, 0.5) is 0 Å². The van der Waals surface area contributed by atoms with Crippen molar-refractivity contribution in [2.24, 2.45) is 0 Å². The van der Waals surface area contributed by atoms with Crippen LogP contribution in [0.5, 0.6) is 0 Å². The number of halogens is 1. The number of Topliss-reactive ketones (excluding diaryl/α,β-unsaturated/α-hetero) is 1. The van der Waals surface area contributed by atoms with E-state index in [-0.39, 0.29) is 22.8 Å². The maximum atomic E-state index is 12.2. The quantitative estimate of drug-likeness (QED) is 0.209. The molecule has 0 spiro atoms. The molecule has 0 aliphatic rings. The Labute approximate surface area is 115 Å². The minimum Gasteiger partial charge on any atom is -0.462 e. The first-order valence-corrected chi connectivity index (χ1v) is 6.60. The normalized spacial score (nSPS) is 12.9. The minimum absolute atomic E-state index is 0.0624. The van der Waals surface area contributed by atoms with E-state index in [4.69, 9.17) is 4.74 Å². The molecule has 18 heavy (non-hydrogen) atoms. The first-order valence-electron chi connectivity index (χ1n) is 5.69. The van der Waals surface area contributed by atoms with Gasteiger partial charge in [-0.3, -0.25) is 4.79 Å². The van der Waals surface area contributed by atoms with Crippen LogP contribution in [-0.2, 0) is 9.53 Å². The van der Waals surface area contributed by atoms with Crippen molar-refractivity contribution in [1.82, 2.24) is 0 Å². The molecular formula is C14H15BrO3. The van der Waals surface area contributed by atoms with Crippen LogP contribution in [0.2, 0.25) is 0 Å². The second-order valence-corrected chi connectivity index (χ2v) is 5.12. The summed E-state index contributed by atoms with van der Waals surface area (Å²) in [6.07, 6.45) is 1.56. The summed E-state index contributed by atoms with van der Waals surface area (Å²) in [4.78, 5) is 23.9. The Balaban J connectivity index is 3.05. The van der Waals surface area contributed by atoms with Gasteiger partial charge in [-0.2, -0.15) is 0 Å². The number of hydrogen-bond acceptors (Lipinski definition) is 3. The number of carbonyl (C=O) groups excluding carboxylic acids is 2.